The molecule has 2 heterocycles. The van der Waals surface area contributed by atoms with Crippen LogP contribution in [0.2, 0.25) is 5.02 Å². The van der Waals surface area contributed by atoms with Crippen LogP contribution in [0.4, 0.5) is 0 Å². The highest BCUT2D eigenvalue weighted by Gasteiger charge is 2.38. The maximum atomic E-state index is 10.1. The van der Waals surface area contributed by atoms with E-state index in [-0.39, 0.29) is 6.10 Å². The summed E-state index contributed by atoms with van der Waals surface area (Å²) in [5.74, 6) is 0.461. The van der Waals surface area contributed by atoms with E-state index in [0.29, 0.717) is 12.0 Å². The van der Waals surface area contributed by atoms with E-state index in [1.807, 2.05) is 6.07 Å². The van der Waals surface area contributed by atoms with Gasteiger partial charge in [-0.05, 0) is 43.9 Å². The highest BCUT2D eigenvalue weighted by molar-refractivity contribution is 6.31. The Morgan fingerprint density at radius 2 is 2.21 bits per heavy atom. The van der Waals surface area contributed by atoms with Crippen LogP contribution < -0.4 is 0 Å². The number of likely N-dealkylation sites (tertiary alicyclic amines) is 1. The highest BCUT2D eigenvalue weighted by atomic mass is 35.5. The van der Waals surface area contributed by atoms with Crippen molar-refractivity contribution in [2.75, 3.05) is 6.54 Å². The van der Waals surface area contributed by atoms with Gasteiger partial charge < -0.3 is 5.11 Å². The summed E-state index contributed by atoms with van der Waals surface area (Å²) < 4.78 is 0. The maximum Gasteiger partial charge on any atom is 0.0634 e. The Hall–Kier alpha value is -0.640. The van der Waals surface area contributed by atoms with E-state index in [9.17, 15) is 5.11 Å². The zero-order chi connectivity index (χ0) is 13.2. The summed E-state index contributed by atoms with van der Waals surface area (Å²) in [6, 6.07) is 2.53. The molecule has 0 radical (unpaired) electrons. The van der Waals surface area contributed by atoms with Crippen molar-refractivity contribution in [1.29, 1.82) is 0 Å². The number of aliphatic hydroxyl groups is 1. The fourth-order valence-electron chi connectivity index (χ4n) is 3.70. The van der Waals surface area contributed by atoms with Gasteiger partial charge in [-0.25, -0.2) is 0 Å². The summed E-state index contributed by atoms with van der Waals surface area (Å²) in [4.78, 5) is 6.54. The average molecular weight is 281 g/mol. The lowest BCUT2D eigenvalue weighted by Gasteiger charge is -2.31. The largest absolute Gasteiger partial charge is 0.393 e. The molecule has 0 aromatic carbocycles. The van der Waals surface area contributed by atoms with Crippen molar-refractivity contribution in [3.8, 4) is 0 Å². The number of hydrogen-bond donors (Lipinski definition) is 1. The van der Waals surface area contributed by atoms with Gasteiger partial charge in [-0.3, -0.25) is 9.88 Å². The molecule has 0 bridgehead atoms. The van der Waals surface area contributed by atoms with Crippen LogP contribution in [0.3, 0.4) is 0 Å². The first-order chi connectivity index (χ1) is 9.25. The van der Waals surface area contributed by atoms with E-state index >= 15 is 0 Å². The van der Waals surface area contributed by atoms with Gasteiger partial charge in [0.2, 0.25) is 0 Å². The number of hydrogen-bond acceptors (Lipinski definition) is 3. The number of pyridine rings is 1. The maximum absolute atomic E-state index is 10.1. The Kier molecular flexibility index (Phi) is 4.06. The fraction of sp³-hybridized carbons (Fsp3) is 0.667. The van der Waals surface area contributed by atoms with Crippen molar-refractivity contribution in [2.45, 2.75) is 50.8 Å². The zero-order valence-electron chi connectivity index (χ0n) is 11.1. The lowest BCUT2D eigenvalue weighted by atomic mass is 9.94. The summed E-state index contributed by atoms with van der Waals surface area (Å²) in [5, 5.41) is 10.9. The van der Waals surface area contributed by atoms with Gasteiger partial charge in [0.05, 0.1) is 11.1 Å². The minimum absolute atomic E-state index is 0.0986. The Balaban J connectivity index is 1.71. The summed E-state index contributed by atoms with van der Waals surface area (Å²) in [5.41, 5.74) is 1.15. The van der Waals surface area contributed by atoms with Crippen molar-refractivity contribution in [3.05, 3.63) is 29.0 Å². The molecule has 1 saturated carbocycles. The molecule has 1 aromatic heterocycles. The van der Waals surface area contributed by atoms with Crippen LogP contribution >= 0.6 is 11.6 Å². The van der Waals surface area contributed by atoms with Gasteiger partial charge in [-0.2, -0.15) is 0 Å². The molecule has 1 aliphatic carbocycles. The monoisotopic (exact) mass is 280 g/mol. The Morgan fingerprint density at radius 3 is 2.95 bits per heavy atom. The van der Waals surface area contributed by atoms with Crippen molar-refractivity contribution < 1.29 is 5.11 Å². The number of nitrogens with zero attached hydrogens (tertiary/aromatic N) is 2. The number of rotatable bonds is 3. The van der Waals surface area contributed by atoms with E-state index in [2.05, 4.69) is 9.88 Å². The number of halogens is 1. The molecule has 3 nitrogen and oxygen atoms in total. The third kappa shape index (κ3) is 2.78. The number of aromatic nitrogens is 1. The lowest BCUT2D eigenvalue weighted by molar-refractivity contribution is 0.0719. The van der Waals surface area contributed by atoms with E-state index in [1.165, 1.54) is 25.7 Å². The Morgan fingerprint density at radius 1 is 1.32 bits per heavy atom. The van der Waals surface area contributed by atoms with Crippen LogP contribution in [-0.2, 0) is 6.54 Å². The molecule has 1 aliphatic heterocycles. The molecule has 4 heteroatoms. The molecular formula is C15H21ClN2O. The van der Waals surface area contributed by atoms with Crippen molar-refractivity contribution in [2.24, 2.45) is 5.92 Å². The SMILES string of the molecule is OC1CCCC1C1CCCN1Cc1ccncc1Cl. The molecule has 1 saturated heterocycles. The normalized spacial score (nSPS) is 32.0. The second kappa shape index (κ2) is 5.78. The summed E-state index contributed by atoms with van der Waals surface area (Å²) in [6.45, 7) is 2.00. The smallest absolute Gasteiger partial charge is 0.0634 e. The summed E-state index contributed by atoms with van der Waals surface area (Å²) in [7, 11) is 0. The van der Waals surface area contributed by atoms with Gasteiger partial charge in [0.15, 0.2) is 0 Å². The second-order valence-corrected chi connectivity index (χ2v) is 6.22. The minimum Gasteiger partial charge on any atom is -0.393 e. The van der Waals surface area contributed by atoms with Gasteiger partial charge in [0, 0.05) is 30.9 Å². The van der Waals surface area contributed by atoms with Gasteiger partial charge in [-0.1, -0.05) is 18.0 Å². The van der Waals surface area contributed by atoms with Gasteiger partial charge in [0.1, 0.15) is 0 Å². The molecule has 0 spiro atoms. The highest BCUT2D eigenvalue weighted by Crippen LogP contribution is 2.36. The van der Waals surface area contributed by atoms with E-state index in [4.69, 9.17) is 11.6 Å². The average Bonchev–Trinajstić information content (AvgIpc) is 3.01. The van der Waals surface area contributed by atoms with Crippen molar-refractivity contribution in [1.82, 2.24) is 9.88 Å². The summed E-state index contributed by atoms with van der Waals surface area (Å²) in [6.07, 6.45) is 9.19. The molecule has 0 amide bonds. The molecule has 3 unspecified atom stereocenters. The molecule has 1 aromatic rings. The first kappa shape index (κ1) is 13.3. The van der Waals surface area contributed by atoms with E-state index in [0.717, 1.165) is 30.1 Å². The van der Waals surface area contributed by atoms with Crippen molar-refractivity contribution >= 4 is 11.6 Å². The van der Waals surface area contributed by atoms with Gasteiger partial charge >= 0.3 is 0 Å². The summed E-state index contributed by atoms with van der Waals surface area (Å²) >= 11 is 6.20. The van der Waals surface area contributed by atoms with Crippen LogP contribution in [0.25, 0.3) is 0 Å². The molecular weight excluding hydrogens is 260 g/mol. The molecule has 2 fully saturated rings. The minimum atomic E-state index is -0.0986. The Labute approximate surface area is 119 Å². The molecule has 19 heavy (non-hydrogen) atoms. The first-order valence-electron chi connectivity index (χ1n) is 7.26. The van der Waals surface area contributed by atoms with Crippen LogP contribution in [-0.4, -0.2) is 33.7 Å². The van der Waals surface area contributed by atoms with Crippen LogP contribution in [0.15, 0.2) is 18.5 Å². The zero-order valence-corrected chi connectivity index (χ0v) is 11.9. The predicted octanol–water partition coefficient (Wildman–Crippen LogP) is 2.86. The van der Waals surface area contributed by atoms with E-state index in [1.54, 1.807) is 12.4 Å². The van der Waals surface area contributed by atoms with Crippen molar-refractivity contribution in [3.63, 3.8) is 0 Å². The Bertz CT molecular complexity index is 440. The molecule has 1 N–H and O–H groups in total. The first-order valence-corrected chi connectivity index (χ1v) is 7.64. The third-order valence-corrected chi connectivity index (χ3v) is 5.01. The quantitative estimate of drug-likeness (QED) is 0.925. The molecule has 3 rings (SSSR count). The second-order valence-electron chi connectivity index (χ2n) is 5.81. The predicted molar refractivity (Wildman–Crippen MR) is 76.0 cm³/mol. The lowest BCUT2D eigenvalue weighted by Crippen LogP contribution is -2.38. The number of aliphatic hydroxyl groups excluding tert-OH is 1. The van der Waals surface area contributed by atoms with Crippen LogP contribution in [0.1, 0.15) is 37.7 Å². The molecule has 104 valence electrons. The topological polar surface area (TPSA) is 36.4 Å². The van der Waals surface area contributed by atoms with Crippen LogP contribution in [0.5, 0.6) is 0 Å². The molecule has 2 aliphatic rings. The standard InChI is InChI=1S/C15H21ClN2O/c16-13-9-17-7-6-11(13)10-18-8-2-4-14(18)12-3-1-5-15(12)19/h6-7,9,12,14-15,19H,1-5,8,10H2. The fourth-order valence-corrected chi connectivity index (χ4v) is 3.88. The van der Waals surface area contributed by atoms with E-state index < -0.39 is 0 Å². The third-order valence-electron chi connectivity index (χ3n) is 4.67. The van der Waals surface area contributed by atoms with Gasteiger partial charge in [0.25, 0.3) is 0 Å². The molecule has 3 atom stereocenters. The van der Waals surface area contributed by atoms with Crippen LogP contribution in [0, 0.1) is 5.92 Å². The van der Waals surface area contributed by atoms with Gasteiger partial charge in [-0.15, -0.1) is 0 Å².